The number of hydrogen-bond acceptors (Lipinski definition) is 3. The normalized spacial score (nSPS) is 18.0. The summed E-state index contributed by atoms with van der Waals surface area (Å²) < 4.78 is 0. The average Bonchev–Trinajstić information content (AvgIpc) is 3.05. The zero-order valence-electron chi connectivity index (χ0n) is 13.2. The van der Waals surface area contributed by atoms with E-state index in [1.165, 1.54) is 6.20 Å². The first kappa shape index (κ1) is 14.7. The van der Waals surface area contributed by atoms with E-state index >= 15 is 0 Å². The van der Waals surface area contributed by atoms with Crippen molar-refractivity contribution >= 4 is 16.8 Å². The number of fused-ring (bicyclic) bond motifs is 1. The van der Waals surface area contributed by atoms with Crippen molar-refractivity contribution in [1.82, 2.24) is 19.9 Å². The number of amides is 1. The maximum Gasteiger partial charge on any atom is 0.345 e. The SMILES string of the molecule is O=C(c1cc2ccccc2[nH]1)N1CCC[C@@H](c2ccnc(=O)[nH]2)C1. The molecule has 1 saturated heterocycles. The van der Waals surface area contributed by atoms with Crippen molar-refractivity contribution in [3.63, 3.8) is 0 Å². The number of para-hydroxylation sites is 1. The molecule has 2 aromatic heterocycles. The van der Waals surface area contributed by atoms with Crippen LogP contribution in [0, 0.1) is 0 Å². The van der Waals surface area contributed by atoms with Gasteiger partial charge in [-0.25, -0.2) is 9.78 Å². The molecule has 0 aliphatic carbocycles. The van der Waals surface area contributed by atoms with Gasteiger partial charge in [-0.2, -0.15) is 0 Å². The number of likely N-dealkylation sites (tertiary alicyclic amines) is 1. The van der Waals surface area contributed by atoms with Gasteiger partial charge in [0.05, 0.1) is 0 Å². The Balaban J connectivity index is 1.57. The molecule has 24 heavy (non-hydrogen) atoms. The Bertz CT molecular complexity index is 910. The van der Waals surface area contributed by atoms with E-state index in [0.29, 0.717) is 12.2 Å². The zero-order chi connectivity index (χ0) is 16.5. The summed E-state index contributed by atoms with van der Waals surface area (Å²) in [6, 6.07) is 11.6. The highest BCUT2D eigenvalue weighted by Gasteiger charge is 2.26. The van der Waals surface area contributed by atoms with Gasteiger partial charge in [0.15, 0.2) is 0 Å². The zero-order valence-corrected chi connectivity index (χ0v) is 13.2. The predicted octanol–water partition coefficient (Wildman–Crippen LogP) is 2.27. The highest BCUT2D eigenvalue weighted by Crippen LogP contribution is 2.26. The molecule has 0 radical (unpaired) electrons. The number of benzene rings is 1. The van der Waals surface area contributed by atoms with E-state index in [2.05, 4.69) is 15.0 Å². The number of hydrogen-bond donors (Lipinski definition) is 2. The topological polar surface area (TPSA) is 81.8 Å². The van der Waals surface area contributed by atoms with Gasteiger partial charge in [-0.1, -0.05) is 18.2 Å². The number of aromatic amines is 2. The molecule has 0 bridgehead atoms. The van der Waals surface area contributed by atoms with Gasteiger partial charge in [0.1, 0.15) is 5.69 Å². The van der Waals surface area contributed by atoms with Crippen molar-refractivity contribution in [2.75, 3.05) is 13.1 Å². The molecule has 1 aliphatic heterocycles. The van der Waals surface area contributed by atoms with E-state index in [1.807, 2.05) is 41.3 Å². The third kappa shape index (κ3) is 2.71. The van der Waals surface area contributed by atoms with Crippen molar-refractivity contribution in [3.05, 3.63) is 64.5 Å². The molecule has 2 N–H and O–H groups in total. The largest absolute Gasteiger partial charge is 0.351 e. The quantitative estimate of drug-likeness (QED) is 0.759. The molecule has 1 atom stereocenters. The van der Waals surface area contributed by atoms with E-state index in [-0.39, 0.29) is 17.5 Å². The molecular weight excluding hydrogens is 304 g/mol. The van der Waals surface area contributed by atoms with E-state index < -0.39 is 0 Å². The summed E-state index contributed by atoms with van der Waals surface area (Å²) >= 11 is 0. The van der Waals surface area contributed by atoms with Gasteiger partial charge in [0, 0.05) is 41.8 Å². The summed E-state index contributed by atoms with van der Waals surface area (Å²) in [5, 5.41) is 1.04. The number of nitrogens with zero attached hydrogens (tertiary/aromatic N) is 2. The van der Waals surface area contributed by atoms with Crippen LogP contribution in [0.25, 0.3) is 10.9 Å². The molecule has 3 heterocycles. The fourth-order valence-electron chi connectivity index (χ4n) is 3.40. The summed E-state index contributed by atoms with van der Waals surface area (Å²) in [5.74, 6) is 0.148. The Morgan fingerprint density at radius 1 is 1.21 bits per heavy atom. The molecule has 122 valence electrons. The first-order valence-electron chi connectivity index (χ1n) is 8.13. The lowest BCUT2D eigenvalue weighted by molar-refractivity contribution is 0.0701. The van der Waals surface area contributed by atoms with Crippen molar-refractivity contribution in [2.45, 2.75) is 18.8 Å². The van der Waals surface area contributed by atoms with Gasteiger partial charge >= 0.3 is 5.69 Å². The summed E-state index contributed by atoms with van der Waals surface area (Å²) in [4.78, 5) is 35.7. The Morgan fingerprint density at radius 3 is 2.92 bits per heavy atom. The molecule has 1 fully saturated rings. The van der Waals surface area contributed by atoms with Crippen molar-refractivity contribution in [2.24, 2.45) is 0 Å². The van der Waals surface area contributed by atoms with Gasteiger partial charge in [-0.3, -0.25) is 4.79 Å². The summed E-state index contributed by atoms with van der Waals surface area (Å²) in [5.41, 5.74) is 2.09. The predicted molar refractivity (Wildman–Crippen MR) is 91.0 cm³/mol. The molecule has 3 aromatic rings. The second kappa shape index (κ2) is 5.96. The van der Waals surface area contributed by atoms with Crippen LogP contribution >= 0.6 is 0 Å². The number of aromatic nitrogens is 3. The maximum absolute atomic E-state index is 12.8. The minimum absolute atomic E-state index is 0.00676. The Kier molecular flexibility index (Phi) is 3.65. The van der Waals surface area contributed by atoms with Gasteiger partial charge in [0.25, 0.3) is 5.91 Å². The Hall–Kier alpha value is -2.89. The van der Waals surface area contributed by atoms with Crippen LogP contribution in [-0.4, -0.2) is 38.8 Å². The van der Waals surface area contributed by atoms with Gasteiger partial charge in [-0.15, -0.1) is 0 Å². The van der Waals surface area contributed by atoms with Gasteiger partial charge < -0.3 is 14.9 Å². The fourth-order valence-corrected chi connectivity index (χ4v) is 3.40. The monoisotopic (exact) mass is 322 g/mol. The standard InChI is InChI=1S/C18H18N4O2/c23-17(16-10-12-4-1-2-6-14(12)20-16)22-9-3-5-13(11-22)15-7-8-19-18(24)21-15/h1-2,4,6-8,10,13,20H,3,5,9,11H2,(H,19,21,24)/t13-/m1/s1. The Morgan fingerprint density at radius 2 is 2.08 bits per heavy atom. The molecular formula is C18H18N4O2. The first-order valence-corrected chi connectivity index (χ1v) is 8.13. The highest BCUT2D eigenvalue weighted by atomic mass is 16.2. The lowest BCUT2D eigenvalue weighted by Crippen LogP contribution is -2.39. The summed E-state index contributed by atoms with van der Waals surface area (Å²) in [6.07, 6.45) is 3.39. The van der Waals surface area contributed by atoms with Crippen LogP contribution in [0.4, 0.5) is 0 Å². The third-order valence-electron chi connectivity index (χ3n) is 4.61. The molecule has 6 heteroatoms. The molecule has 1 aliphatic rings. The second-order valence-corrected chi connectivity index (χ2v) is 6.19. The van der Waals surface area contributed by atoms with Crippen molar-refractivity contribution in [3.8, 4) is 0 Å². The minimum atomic E-state index is -0.341. The van der Waals surface area contributed by atoms with Crippen LogP contribution in [-0.2, 0) is 0 Å². The molecule has 0 saturated carbocycles. The van der Waals surface area contributed by atoms with E-state index in [0.717, 1.165) is 36.0 Å². The lowest BCUT2D eigenvalue weighted by Gasteiger charge is -2.32. The molecule has 1 aromatic carbocycles. The number of carbonyl (C=O) groups excluding carboxylic acids is 1. The number of H-pyrrole nitrogens is 2. The van der Waals surface area contributed by atoms with E-state index in [4.69, 9.17) is 0 Å². The third-order valence-corrected chi connectivity index (χ3v) is 4.61. The highest BCUT2D eigenvalue weighted by molar-refractivity contribution is 5.98. The van der Waals surface area contributed by atoms with Crippen molar-refractivity contribution < 1.29 is 4.79 Å². The number of carbonyl (C=O) groups is 1. The molecule has 1 amide bonds. The van der Waals surface area contributed by atoms with Crippen LogP contribution in [0.15, 0.2) is 47.4 Å². The number of nitrogens with one attached hydrogen (secondary N) is 2. The average molecular weight is 322 g/mol. The maximum atomic E-state index is 12.8. The summed E-state index contributed by atoms with van der Waals surface area (Å²) in [6.45, 7) is 1.34. The second-order valence-electron chi connectivity index (χ2n) is 6.19. The molecule has 0 spiro atoms. The molecule has 0 unspecified atom stereocenters. The van der Waals surface area contributed by atoms with Crippen LogP contribution in [0.5, 0.6) is 0 Å². The van der Waals surface area contributed by atoms with Crippen LogP contribution < -0.4 is 5.69 Å². The smallest absolute Gasteiger partial charge is 0.345 e. The molecule has 6 nitrogen and oxygen atoms in total. The van der Waals surface area contributed by atoms with Gasteiger partial charge in [0.2, 0.25) is 0 Å². The van der Waals surface area contributed by atoms with E-state index in [1.54, 1.807) is 0 Å². The number of piperidine rings is 1. The minimum Gasteiger partial charge on any atom is -0.351 e. The van der Waals surface area contributed by atoms with Crippen LogP contribution in [0.3, 0.4) is 0 Å². The van der Waals surface area contributed by atoms with Gasteiger partial charge in [-0.05, 0) is 31.0 Å². The van der Waals surface area contributed by atoms with Crippen molar-refractivity contribution in [1.29, 1.82) is 0 Å². The summed E-state index contributed by atoms with van der Waals surface area (Å²) in [7, 11) is 0. The van der Waals surface area contributed by atoms with E-state index in [9.17, 15) is 9.59 Å². The van der Waals surface area contributed by atoms with Crippen LogP contribution in [0.1, 0.15) is 34.9 Å². The Labute approximate surface area is 138 Å². The molecule has 4 rings (SSSR count). The first-order chi connectivity index (χ1) is 11.7. The van der Waals surface area contributed by atoms with Crippen LogP contribution in [0.2, 0.25) is 0 Å². The lowest BCUT2D eigenvalue weighted by atomic mass is 9.94. The fraction of sp³-hybridized carbons (Fsp3) is 0.278. The number of rotatable bonds is 2.